The summed E-state index contributed by atoms with van der Waals surface area (Å²) in [6.07, 6.45) is 4.08. The summed E-state index contributed by atoms with van der Waals surface area (Å²) in [6, 6.07) is 6.23. The van der Waals surface area contributed by atoms with Gasteiger partial charge in [-0.15, -0.1) is 0 Å². The van der Waals surface area contributed by atoms with E-state index in [0.717, 1.165) is 32.4 Å². The van der Waals surface area contributed by atoms with Crippen LogP contribution in [0.15, 0.2) is 28.9 Å². The molecule has 3 rings (SSSR count). The SMILES string of the molecule is Cc1cc(C)c(CCNC(=O)CN2CCC(NC(=O)c3ccoc3C)CC2)c(C)c1. The molecule has 1 aliphatic heterocycles. The van der Waals surface area contributed by atoms with E-state index >= 15 is 0 Å². The maximum absolute atomic E-state index is 12.3. The van der Waals surface area contributed by atoms with Crippen LogP contribution < -0.4 is 10.6 Å². The lowest BCUT2D eigenvalue weighted by atomic mass is 9.97. The fourth-order valence-corrected chi connectivity index (χ4v) is 4.31. The van der Waals surface area contributed by atoms with E-state index in [4.69, 9.17) is 4.42 Å². The normalized spacial score (nSPS) is 15.2. The molecule has 2 N–H and O–H groups in total. The molecule has 1 saturated heterocycles. The lowest BCUT2D eigenvalue weighted by Crippen LogP contribution is -2.47. The lowest BCUT2D eigenvalue weighted by molar-refractivity contribution is -0.122. The molecule has 6 nitrogen and oxygen atoms in total. The van der Waals surface area contributed by atoms with Gasteiger partial charge in [-0.05, 0) is 69.7 Å². The van der Waals surface area contributed by atoms with Crippen LogP contribution in [-0.2, 0) is 11.2 Å². The largest absolute Gasteiger partial charge is 0.469 e. The summed E-state index contributed by atoms with van der Waals surface area (Å²) in [5.74, 6) is 0.616. The Kier molecular flexibility index (Phi) is 7.32. The van der Waals surface area contributed by atoms with Crippen molar-refractivity contribution < 1.29 is 14.0 Å². The minimum atomic E-state index is -0.0841. The number of furan rings is 1. The zero-order chi connectivity index (χ0) is 21.7. The van der Waals surface area contributed by atoms with Crippen molar-refractivity contribution in [2.75, 3.05) is 26.2 Å². The third kappa shape index (κ3) is 5.72. The first-order valence-electron chi connectivity index (χ1n) is 10.7. The van der Waals surface area contributed by atoms with Crippen LogP contribution in [0.5, 0.6) is 0 Å². The average Bonchev–Trinajstić information content (AvgIpc) is 3.11. The fraction of sp³-hybridized carbons (Fsp3) is 0.500. The number of benzene rings is 1. The van der Waals surface area contributed by atoms with Crippen LogP contribution in [0.1, 0.15) is 51.2 Å². The van der Waals surface area contributed by atoms with E-state index < -0.39 is 0 Å². The van der Waals surface area contributed by atoms with Crippen molar-refractivity contribution in [3.63, 3.8) is 0 Å². The number of carbonyl (C=O) groups excluding carboxylic acids is 2. The van der Waals surface area contributed by atoms with Gasteiger partial charge in [0.15, 0.2) is 0 Å². The molecule has 0 atom stereocenters. The Morgan fingerprint density at radius 3 is 2.37 bits per heavy atom. The van der Waals surface area contributed by atoms with Crippen LogP contribution in [0.25, 0.3) is 0 Å². The highest BCUT2D eigenvalue weighted by Crippen LogP contribution is 2.17. The number of aryl methyl sites for hydroxylation is 4. The molecule has 1 aromatic carbocycles. The molecule has 1 fully saturated rings. The molecule has 0 bridgehead atoms. The molecule has 1 aliphatic rings. The second kappa shape index (κ2) is 9.94. The first-order chi connectivity index (χ1) is 14.3. The number of nitrogens with one attached hydrogen (secondary N) is 2. The average molecular weight is 412 g/mol. The van der Waals surface area contributed by atoms with Crippen LogP contribution in [0.4, 0.5) is 0 Å². The Bertz CT molecular complexity index is 872. The third-order valence-electron chi connectivity index (χ3n) is 5.93. The third-order valence-corrected chi connectivity index (χ3v) is 5.93. The predicted octanol–water partition coefficient (Wildman–Crippen LogP) is 3.07. The number of likely N-dealkylation sites (tertiary alicyclic amines) is 1. The van der Waals surface area contributed by atoms with E-state index in [1.807, 2.05) is 0 Å². The van der Waals surface area contributed by atoms with E-state index in [0.29, 0.717) is 24.4 Å². The first kappa shape index (κ1) is 22.1. The summed E-state index contributed by atoms with van der Waals surface area (Å²) < 4.78 is 5.20. The highest BCUT2D eigenvalue weighted by atomic mass is 16.3. The van der Waals surface area contributed by atoms with E-state index in [1.165, 1.54) is 28.5 Å². The van der Waals surface area contributed by atoms with Gasteiger partial charge in [-0.2, -0.15) is 0 Å². The van der Waals surface area contributed by atoms with Crippen LogP contribution in [0, 0.1) is 27.7 Å². The van der Waals surface area contributed by atoms with Crippen molar-refractivity contribution >= 4 is 11.8 Å². The zero-order valence-electron chi connectivity index (χ0n) is 18.5. The van der Waals surface area contributed by atoms with E-state index in [-0.39, 0.29) is 17.9 Å². The zero-order valence-corrected chi connectivity index (χ0v) is 18.5. The van der Waals surface area contributed by atoms with Gasteiger partial charge in [0.1, 0.15) is 5.76 Å². The summed E-state index contributed by atoms with van der Waals surface area (Å²) in [5, 5.41) is 6.13. The molecule has 0 unspecified atom stereocenters. The van der Waals surface area contributed by atoms with Crippen LogP contribution in [0.3, 0.4) is 0 Å². The minimum absolute atomic E-state index is 0.0638. The topological polar surface area (TPSA) is 74.6 Å². The standard InChI is InChI=1S/C24H33N3O3/c1-16-13-17(2)21(18(3)14-16)5-9-25-23(28)15-27-10-6-20(7-11-27)26-24(29)22-8-12-30-19(22)4/h8,12-14,20H,5-7,9-11,15H2,1-4H3,(H,25,28)(H,26,29). The van der Waals surface area contributed by atoms with E-state index in [2.05, 4.69) is 48.4 Å². The van der Waals surface area contributed by atoms with Crippen molar-refractivity contribution in [3.8, 4) is 0 Å². The molecule has 0 radical (unpaired) electrons. The number of piperidine rings is 1. The summed E-state index contributed by atoms with van der Waals surface area (Å²) in [4.78, 5) is 26.8. The van der Waals surface area contributed by atoms with E-state index in [9.17, 15) is 9.59 Å². The Labute approximate surface area is 179 Å². The predicted molar refractivity (Wildman–Crippen MR) is 118 cm³/mol. The van der Waals surface area contributed by atoms with Crippen LogP contribution in [-0.4, -0.2) is 48.9 Å². The number of carbonyl (C=O) groups is 2. The molecule has 0 saturated carbocycles. The smallest absolute Gasteiger partial charge is 0.255 e. The van der Waals surface area contributed by atoms with Crippen molar-refractivity contribution in [1.29, 1.82) is 0 Å². The van der Waals surface area contributed by atoms with Crippen molar-refractivity contribution in [2.45, 2.75) is 53.0 Å². The van der Waals surface area contributed by atoms with Gasteiger partial charge in [0, 0.05) is 25.7 Å². The molecular weight excluding hydrogens is 378 g/mol. The summed E-state index contributed by atoms with van der Waals surface area (Å²) in [7, 11) is 0. The molecule has 30 heavy (non-hydrogen) atoms. The summed E-state index contributed by atoms with van der Waals surface area (Å²) in [5.41, 5.74) is 5.77. The molecular formula is C24H33N3O3. The van der Waals surface area contributed by atoms with Gasteiger partial charge in [0.25, 0.3) is 5.91 Å². The molecule has 162 valence electrons. The van der Waals surface area contributed by atoms with Gasteiger partial charge < -0.3 is 15.1 Å². The molecule has 1 aromatic heterocycles. The van der Waals surface area contributed by atoms with Gasteiger partial charge in [-0.1, -0.05) is 17.7 Å². The molecule has 2 heterocycles. The highest BCUT2D eigenvalue weighted by molar-refractivity contribution is 5.95. The Morgan fingerprint density at radius 1 is 1.10 bits per heavy atom. The van der Waals surface area contributed by atoms with Crippen molar-refractivity contribution in [1.82, 2.24) is 15.5 Å². The van der Waals surface area contributed by atoms with Crippen molar-refractivity contribution in [2.24, 2.45) is 0 Å². The number of nitrogens with zero attached hydrogens (tertiary/aromatic N) is 1. The second-order valence-corrected chi connectivity index (χ2v) is 8.39. The van der Waals surface area contributed by atoms with Gasteiger partial charge in [-0.25, -0.2) is 0 Å². The number of hydrogen-bond acceptors (Lipinski definition) is 4. The van der Waals surface area contributed by atoms with Gasteiger partial charge in [0.2, 0.25) is 5.91 Å². The molecule has 0 spiro atoms. The highest BCUT2D eigenvalue weighted by Gasteiger charge is 2.23. The van der Waals surface area contributed by atoms with Gasteiger partial charge in [-0.3, -0.25) is 14.5 Å². The monoisotopic (exact) mass is 411 g/mol. The molecule has 6 heteroatoms. The van der Waals surface area contributed by atoms with Gasteiger partial charge >= 0.3 is 0 Å². The maximum Gasteiger partial charge on any atom is 0.255 e. The number of hydrogen-bond donors (Lipinski definition) is 2. The lowest BCUT2D eigenvalue weighted by Gasteiger charge is -2.31. The Hall–Kier alpha value is -2.60. The second-order valence-electron chi connectivity index (χ2n) is 8.39. The van der Waals surface area contributed by atoms with Crippen LogP contribution in [0.2, 0.25) is 0 Å². The van der Waals surface area contributed by atoms with Gasteiger partial charge in [0.05, 0.1) is 18.4 Å². The Morgan fingerprint density at radius 2 is 1.77 bits per heavy atom. The quantitative estimate of drug-likeness (QED) is 0.734. The number of amides is 2. The maximum atomic E-state index is 12.3. The molecule has 2 amide bonds. The number of rotatable bonds is 7. The summed E-state index contributed by atoms with van der Waals surface area (Å²) >= 11 is 0. The molecule has 2 aromatic rings. The van der Waals surface area contributed by atoms with Crippen LogP contribution >= 0.6 is 0 Å². The Balaban J connectivity index is 1.37. The summed E-state index contributed by atoms with van der Waals surface area (Å²) in [6.45, 7) is 10.8. The molecule has 0 aliphatic carbocycles. The fourth-order valence-electron chi connectivity index (χ4n) is 4.31. The van der Waals surface area contributed by atoms with Crippen molar-refractivity contribution in [3.05, 3.63) is 58.0 Å². The minimum Gasteiger partial charge on any atom is -0.469 e. The van der Waals surface area contributed by atoms with E-state index in [1.54, 1.807) is 13.0 Å². The first-order valence-corrected chi connectivity index (χ1v) is 10.7.